The Kier molecular flexibility index (Phi) is 4.53. The topological polar surface area (TPSA) is 38.7 Å². The van der Waals surface area contributed by atoms with Gasteiger partial charge in [0, 0.05) is 10.6 Å². The van der Waals surface area contributed by atoms with E-state index in [1.807, 2.05) is 13.0 Å². The van der Waals surface area contributed by atoms with Gasteiger partial charge in [-0.1, -0.05) is 17.7 Å². The molecule has 0 heterocycles. The Bertz CT molecular complexity index is 611. The summed E-state index contributed by atoms with van der Waals surface area (Å²) in [6.45, 7) is 1.93. The number of aryl methyl sites for hydroxylation is 1. The Hall–Kier alpha value is -1.71. The van der Waals surface area contributed by atoms with Crippen molar-refractivity contribution in [1.82, 2.24) is 0 Å². The second-order valence-corrected chi connectivity index (χ2v) is 4.95. The molecule has 0 saturated heterocycles. The molecular weight excluding hydrogens is 276 g/mol. The van der Waals surface area contributed by atoms with Crippen molar-refractivity contribution in [1.29, 1.82) is 0 Å². The zero-order valence-electron chi connectivity index (χ0n) is 11.7. The molecule has 0 fully saturated rings. The van der Waals surface area contributed by atoms with Gasteiger partial charge in [-0.15, -0.1) is 0 Å². The summed E-state index contributed by atoms with van der Waals surface area (Å²) in [6.07, 6.45) is -0.821. The van der Waals surface area contributed by atoms with E-state index in [1.165, 1.54) is 0 Å². The van der Waals surface area contributed by atoms with Crippen molar-refractivity contribution in [3.05, 3.63) is 58.1 Å². The number of methoxy groups -OCH3 is 2. The number of rotatable bonds is 4. The first-order chi connectivity index (χ1) is 9.56. The lowest BCUT2D eigenvalue weighted by Gasteiger charge is -2.18. The van der Waals surface area contributed by atoms with Crippen LogP contribution in [-0.4, -0.2) is 19.3 Å². The summed E-state index contributed by atoms with van der Waals surface area (Å²) in [5.41, 5.74) is 2.37. The Balaban J connectivity index is 2.51. The number of aliphatic hydroxyl groups is 1. The third-order valence-corrected chi connectivity index (χ3v) is 3.50. The van der Waals surface area contributed by atoms with Crippen molar-refractivity contribution in [3.8, 4) is 11.5 Å². The highest BCUT2D eigenvalue weighted by Gasteiger charge is 2.18. The summed E-state index contributed by atoms with van der Waals surface area (Å²) >= 11 is 6.01. The highest BCUT2D eigenvalue weighted by atomic mass is 35.5. The number of aliphatic hydroxyl groups excluding tert-OH is 1. The Morgan fingerprint density at radius 2 is 1.75 bits per heavy atom. The highest BCUT2D eigenvalue weighted by molar-refractivity contribution is 6.30. The standard InChI is InChI=1S/C16H17ClO3/c1-10-4-5-11(17)8-13(10)16(18)14-9-12(19-2)6-7-15(14)20-3/h4-9,16,18H,1-3H3. The van der Waals surface area contributed by atoms with Crippen LogP contribution in [0.1, 0.15) is 22.8 Å². The number of ether oxygens (including phenoxy) is 2. The van der Waals surface area contributed by atoms with Gasteiger partial charge in [-0.25, -0.2) is 0 Å². The molecule has 0 saturated carbocycles. The number of hydrogen-bond donors (Lipinski definition) is 1. The number of hydrogen-bond acceptors (Lipinski definition) is 3. The van der Waals surface area contributed by atoms with Gasteiger partial charge >= 0.3 is 0 Å². The first-order valence-electron chi connectivity index (χ1n) is 6.23. The maximum atomic E-state index is 10.6. The average molecular weight is 293 g/mol. The van der Waals surface area contributed by atoms with Crippen molar-refractivity contribution < 1.29 is 14.6 Å². The fourth-order valence-electron chi connectivity index (χ4n) is 2.13. The van der Waals surface area contributed by atoms with Crippen LogP contribution in [0, 0.1) is 6.92 Å². The van der Waals surface area contributed by atoms with Crippen LogP contribution >= 0.6 is 11.6 Å². The van der Waals surface area contributed by atoms with Gasteiger partial charge in [-0.2, -0.15) is 0 Å². The van der Waals surface area contributed by atoms with Gasteiger partial charge in [-0.3, -0.25) is 0 Å². The summed E-state index contributed by atoms with van der Waals surface area (Å²) in [4.78, 5) is 0. The minimum absolute atomic E-state index is 0.589. The molecule has 2 aromatic carbocycles. The summed E-state index contributed by atoms with van der Waals surface area (Å²) in [6, 6.07) is 10.8. The van der Waals surface area contributed by atoms with Gasteiger partial charge in [0.25, 0.3) is 0 Å². The third kappa shape index (κ3) is 2.89. The van der Waals surface area contributed by atoms with E-state index >= 15 is 0 Å². The fourth-order valence-corrected chi connectivity index (χ4v) is 2.31. The van der Waals surface area contributed by atoms with Crippen LogP contribution in [0.25, 0.3) is 0 Å². The quantitative estimate of drug-likeness (QED) is 0.933. The third-order valence-electron chi connectivity index (χ3n) is 3.27. The first-order valence-corrected chi connectivity index (χ1v) is 6.60. The molecule has 1 unspecified atom stereocenters. The molecule has 0 bridgehead atoms. The maximum Gasteiger partial charge on any atom is 0.125 e. The van der Waals surface area contributed by atoms with Crippen molar-refractivity contribution in [2.45, 2.75) is 13.0 Å². The molecule has 1 N–H and O–H groups in total. The number of halogens is 1. The number of benzene rings is 2. The molecule has 0 aromatic heterocycles. The van der Waals surface area contributed by atoms with E-state index in [1.54, 1.807) is 44.6 Å². The van der Waals surface area contributed by atoms with E-state index in [9.17, 15) is 5.11 Å². The molecule has 2 aromatic rings. The molecule has 2 rings (SSSR count). The second-order valence-electron chi connectivity index (χ2n) is 4.51. The van der Waals surface area contributed by atoms with Crippen molar-refractivity contribution in [3.63, 3.8) is 0 Å². The summed E-state index contributed by atoms with van der Waals surface area (Å²) in [7, 11) is 3.16. The van der Waals surface area contributed by atoms with Gasteiger partial charge in [0.05, 0.1) is 14.2 Å². The molecule has 0 aliphatic carbocycles. The molecule has 0 aliphatic rings. The van der Waals surface area contributed by atoms with Crippen LogP contribution in [0.3, 0.4) is 0 Å². The lowest BCUT2D eigenvalue weighted by atomic mass is 9.96. The molecule has 106 valence electrons. The van der Waals surface area contributed by atoms with Crippen LogP contribution in [0.2, 0.25) is 5.02 Å². The van der Waals surface area contributed by atoms with Crippen LogP contribution in [0.15, 0.2) is 36.4 Å². The minimum atomic E-state index is -0.821. The van der Waals surface area contributed by atoms with Gasteiger partial charge < -0.3 is 14.6 Å². The van der Waals surface area contributed by atoms with E-state index in [-0.39, 0.29) is 0 Å². The van der Waals surface area contributed by atoms with E-state index in [2.05, 4.69) is 0 Å². The lowest BCUT2D eigenvalue weighted by molar-refractivity contribution is 0.213. The average Bonchev–Trinajstić information content (AvgIpc) is 2.48. The molecule has 4 heteroatoms. The largest absolute Gasteiger partial charge is 0.497 e. The molecule has 3 nitrogen and oxygen atoms in total. The summed E-state index contributed by atoms with van der Waals surface area (Å²) in [5.74, 6) is 1.28. The Labute approximate surface area is 123 Å². The SMILES string of the molecule is COc1ccc(OC)c(C(O)c2cc(Cl)ccc2C)c1. The second kappa shape index (κ2) is 6.16. The predicted molar refractivity (Wildman–Crippen MR) is 79.8 cm³/mol. The van der Waals surface area contributed by atoms with Crippen LogP contribution in [-0.2, 0) is 0 Å². The van der Waals surface area contributed by atoms with Gasteiger partial charge in [0.2, 0.25) is 0 Å². The zero-order chi connectivity index (χ0) is 14.7. The van der Waals surface area contributed by atoms with E-state index in [4.69, 9.17) is 21.1 Å². The van der Waals surface area contributed by atoms with Gasteiger partial charge in [-0.05, 0) is 48.4 Å². The van der Waals surface area contributed by atoms with Crippen LogP contribution in [0.5, 0.6) is 11.5 Å². The minimum Gasteiger partial charge on any atom is -0.497 e. The van der Waals surface area contributed by atoms with Crippen LogP contribution in [0.4, 0.5) is 0 Å². The molecule has 0 amide bonds. The van der Waals surface area contributed by atoms with Gasteiger partial charge in [0.15, 0.2) is 0 Å². The highest BCUT2D eigenvalue weighted by Crippen LogP contribution is 2.35. The molecule has 0 spiro atoms. The van der Waals surface area contributed by atoms with Crippen molar-refractivity contribution in [2.24, 2.45) is 0 Å². The fraction of sp³-hybridized carbons (Fsp3) is 0.250. The summed E-state index contributed by atoms with van der Waals surface area (Å²) < 4.78 is 10.5. The van der Waals surface area contributed by atoms with Crippen molar-refractivity contribution >= 4 is 11.6 Å². The normalized spacial score (nSPS) is 12.1. The molecular formula is C16H17ClO3. The monoisotopic (exact) mass is 292 g/mol. The van der Waals surface area contributed by atoms with Crippen molar-refractivity contribution in [2.75, 3.05) is 14.2 Å². The van der Waals surface area contributed by atoms with E-state index < -0.39 is 6.10 Å². The zero-order valence-corrected chi connectivity index (χ0v) is 12.4. The Morgan fingerprint density at radius 1 is 1.00 bits per heavy atom. The molecule has 0 radical (unpaired) electrons. The smallest absolute Gasteiger partial charge is 0.125 e. The molecule has 1 atom stereocenters. The van der Waals surface area contributed by atoms with E-state index in [0.29, 0.717) is 22.1 Å². The molecule has 0 aliphatic heterocycles. The molecule has 20 heavy (non-hydrogen) atoms. The van der Waals surface area contributed by atoms with Gasteiger partial charge in [0.1, 0.15) is 17.6 Å². The Morgan fingerprint density at radius 3 is 2.40 bits per heavy atom. The summed E-state index contributed by atoms with van der Waals surface area (Å²) in [5, 5.41) is 11.2. The predicted octanol–water partition coefficient (Wildman–Crippen LogP) is 3.75. The van der Waals surface area contributed by atoms with Crippen LogP contribution < -0.4 is 9.47 Å². The first kappa shape index (κ1) is 14.7. The maximum absolute atomic E-state index is 10.6. The van der Waals surface area contributed by atoms with E-state index in [0.717, 1.165) is 11.1 Å². The lowest BCUT2D eigenvalue weighted by Crippen LogP contribution is -2.05.